The smallest absolute Gasteiger partial charge is 0.240 e. The van der Waals surface area contributed by atoms with Gasteiger partial charge in [-0.2, -0.15) is 5.10 Å². The van der Waals surface area contributed by atoms with Gasteiger partial charge in [0, 0.05) is 30.7 Å². The lowest BCUT2D eigenvalue weighted by Gasteiger charge is -2.08. The van der Waals surface area contributed by atoms with E-state index < -0.39 is 15.8 Å². The first-order chi connectivity index (χ1) is 12.5. The van der Waals surface area contributed by atoms with Crippen LogP contribution in [0.3, 0.4) is 0 Å². The number of ether oxygens (including phenoxy) is 1. The van der Waals surface area contributed by atoms with Crippen LogP contribution in [-0.4, -0.2) is 36.8 Å². The van der Waals surface area contributed by atoms with Crippen molar-refractivity contribution in [3.05, 3.63) is 60.8 Å². The van der Waals surface area contributed by atoms with E-state index in [0.717, 1.165) is 17.3 Å². The molecule has 0 saturated carbocycles. The molecule has 1 N–H and O–H groups in total. The van der Waals surface area contributed by atoms with Crippen LogP contribution in [0, 0.1) is 5.82 Å². The number of nitrogens with one attached hydrogen (secondary N) is 1. The van der Waals surface area contributed by atoms with Gasteiger partial charge in [-0.3, -0.25) is 9.67 Å². The highest BCUT2D eigenvalue weighted by Gasteiger charge is 2.16. The van der Waals surface area contributed by atoms with Crippen LogP contribution in [0.15, 0.2) is 59.9 Å². The fraction of sp³-hybridized carbons (Fsp3) is 0.176. The van der Waals surface area contributed by atoms with E-state index in [-0.39, 0.29) is 17.2 Å². The maximum atomic E-state index is 13.7. The highest BCUT2D eigenvalue weighted by Crippen LogP contribution is 2.20. The van der Waals surface area contributed by atoms with Gasteiger partial charge in [-0.1, -0.05) is 0 Å². The number of methoxy groups -OCH3 is 1. The van der Waals surface area contributed by atoms with Gasteiger partial charge in [0.05, 0.1) is 24.2 Å². The molecule has 9 heteroatoms. The molecule has 3 rings (SSSR count). The van der Waals surface area contributed by atoms with Crippen molar-refractivity contribution >= 4 is 10.0 Å². The van der Waals surface area contributed by atoms with Gasteiger partial charge in [0.15, 0.2) is 11.6 Å². The maximum Gasteiger partial charge on any atom is 0.240 e. The number of rotatable bonds is 7. The average Bonchev–Trinajstić information content (AvgIpc) is 3.11. The maximum absolute atomic E-state index is 13.7. The van der Waals surface area contributed by atoms with Crippen molar-refractivity contribution in [2.75, 3.05) is 13.7 Å². The molecule has 0 spiro atoms. The quantitative estimate of drug-likeness (QED) is 0.682. The fourth-order valence-corrected chi connectivity index (χ4v) is 3.39. The molecule has 0 aliphatic rings. The van der Waals surface area contributed by atoms with Crippen molar-refractivity contribution in [3.8, 4) is 17.0 Å². The molecular weight excluding hydrogens is 359 g/mol. The van der Waals surface area contributed by atoms with Crippen LogP contribution in [0.25, 0.3) is 11.3 Å². The standard InChI is InChI=1S/C17H17FN4O3S/c1-25-17-3-2-14(12-15(17)18)26(23,24)20-9-11-22-10-6-16(21-22)13-4-7-19-8-5-13/h2-8,10,12,20H,9,11H2,1H3. The molecule has 26 heavy (non-hydrogen) atoms. The summed E-state index contributed by atoms with van der Waals surface area (Å²) in [6.45, 7) is 0.455. The van der Waals surface area contributed by atoms with E-state index in [2.05, 4.69) is 14.8 Å². The Hall–Kier alpha value is -2.78. The molecule has 0 aliphatic carbocycles. The summed E-state index contributed by atoms with van der Waals surface area (Å²) in [6.07, 6.45) is 5.12. The molecule has 1 aromatic carbocycles. The van der Waals surface area contributed by atoms with Gasteiger partial charge >= 0.3 is 0 Å². The Bertz CT molecular complexity index is 990. The molecule has 0 amide bonds. The number of hydrogen-bond acceptors (Lipinski definition) is 5. The van der Waals surface area contributed by atoms with Crippen molar-refractivity contribution in [1.29, 1.82) is 0 Å². The zero-order chi connectivity index (χ0) is 18.6. The van der Waals surface area contributed by atoms with Gasteiger partial charge in [-0.15, -0.1) is 0 Å². The Morgan fingerprint density at radius 2 is 1.96 bits per heavy atom. The number of benzene rings is 1. The highest BCUT2D eigenvalue weighted by molar-refractivity contribution is 7.89. The number of halogens is 1. The number of pyridine rings is 1. The predicted molar refractivity (Wildman–Crippen MR) is 93.6 cm³/mol. The molecule has 2 heterocycles. The second-order valence-corrected chi connectivity index (χ2v) is 7.16. The van der Waals surface area contributed by atoms with Crippen LogP contribution in [0.5, 0.6) is 5.75 Å². The predicted octanol–water partition coefficient (Wildman–Crippen LogP) is 2.07. The van der Waals surface area contributed by atoms with Crippen molar-refractivity contribution in [3.63, 3.8) is 0 Å². The zero-order valence-corrected chi connectivity index (χ0v) is 14.8. The van der Waals surface area contributed by atoms with Gasteiger partial charge in [0.25, 0.3) is 0 Å². The molecule has 7 nitrogen and oxygen atoms in total. The molecule has 0 aliphatic heterocycles. The van der Waals surface area contributed by atoms with E-state index in [4.69, 9.17) is 4.74 Å². The molecule has 2 aromatic heterocycles. The summed E-state index contributed by atoms with van der Waals surface area (Å²) in [5.41, 5.74) is 1.69. The lowest BCUT2D eigenvalue weighted by Crippen LogP contribution is -2.27. The van der Waals surface area contributed by atoms with Crippen LogP contribution in [0.4, 0.5) is 4.39 Å². The zero-order valence-electron chi connectivity index (χ0n) is 14.0. The van der Waals surface area contributed by atoms with E-state index in [0.29, 0.717) is 6.54 Å². The third kappa shape index (κ3) is 4.06. The largest absolute Gasteiger partial charge is 0.494 e. The summed E-state index contributed by atoms with van der Waals surface area (Å²) in [7, 11) is -2.50. The van der Waals surface area contributed by atoms with Gasteiger partial charge in [0.2, 0.25) is 10.0 Å². The van der Waals surface area contributed by atoms with Crippen molar-refractivity contribution in [2.45, 2.75) is 11.4 Å². The molecule has 0 unspecified atom stereocenters. The fourth-order valence-electron chi connectivity index (χ4n) is 2.36. The second-order valence-electron chi connectivity index (χ2n) is 5.39. The van der Waals surface area contributed by atoms with Gasteiger partial charge in [-0.25, -0.2) is 17.5 Å². The van der Waals surface area contributed by atoms with Gasteiger partial charge in [-0.05, 0) is 36.4 Å². The SMILES string of the molecule is COc1ccc(S(=O)(=O)NCCn2ccc(-c3ccncc3)n2)cc1F. The minimum absolute atomic E-state index is 0.0101. The topological polar surface area (TPSA) is 86.1 Å². The summed E-state index contributed by atoms with van der Waals surface area (Å²) >= 11 is 0. The summed E-state index contributed by atoms with van der Waals surface area (Å²) in [6, 6.07) is 9.01. The Kier molecular flexibility index (Phi) is 5.29. The van der Waals surface area contributed by atoms with Gasteiger partial charge < -0.3 is 4.74 Å². The number of hydrogen-bond donors (Lipinski definition) is 1. The first-order valence-electron chi connectivity index (χ1n) is 7.76. The summed E-state index contributed by atoms with van der Waals surface area (Å²) in [5.74, 6) is -0.742. The Morgan fingerprint density at radius 3 is 2.65 bits per heavy atom. The van der Waals surface area contributed by atoms with Crippen LogP contribution in [-0.2, 0) is 16.6 Å². The molecule has 0 bridgehead atoms. The number of nitrogens with zero attached hydrogens (tertiary/aromatic N) is 3. The minimum Gasteiger partial charge on any atom is -0.494 e. The van der Waals surface area contributed by atoms with E-state index >= 15 is 0 Å². The van der Waals surface area contributed by atoms with E-state index in [1.807, 2.05) is 18.2 Å². The summed E-state index contributed by atoms with van der Waals surface area (Å²) in [4.78, 5) is 3.80. The van der Waals surface area contributed by atoms with Gasteiger partial charge in [0.1, 0.15) is 0 Å². The first-order valence-corrected chi connectivity index (χ1v) is 9.25. The Morgan fingerprint density at radius 1 is 1.19 bits per heavy atom. The average molecular weight is 376 g/mol. The molecule has 136 valence electrons. The molecular formula is C17H17FN4O3S. The second kappa shape index (κ2) is 7.63. The van der Waals surface area contributed by atoms with Crippen LogP contribution in [0.2, 0.25) is 0 Å². The number of sulfonamides is 1. The van der Waals surface area contributed by atoms with Crippen LogP contribution < -0.4 is 9.46 Å². The summed E-state index contributed by atoms with van der Waals surface area (Å²) < 4.78 is 47.0. The van der Waals surface area contributed by atoms with Crippen LogP contribution >= 0.6 is 0 Å². The van der Waals surface area contributed by atoms with Crippen molar-refractivity contribution in [2.24, 2.45) is 0 Å². The third-order valence-corrected chi connectivity index (χ3v) is 5.14. The summed E-state index contributed by atoms with van der Waals surface area (Å²) in [5, 5.41) is 4.39. The van der Waals surface area contributed by atoms with Crippen molar-refractivity contribution in [1.82, 2.24) is 19.5 Å². The molecule has 0 radical (unpaired) electrons. The first kappa shape index (κ1) is 18.0. The van der Waals surface area contributed by atoms with E-state index in [9.17, 15) is 12.8 Å². The molecule has 0 fully saturated rings. The monoisotopic (exact) mass is 376 g/mol. The number of aromatic nitrogens is 3. The normalized spacial score (nSPS) is 11.5. The molecule has 3 aromatic rings. The lowest BCUT2D eigenvalue weighted by molar-refractivity contribution is 0.385. The molecule has 0 atom stereocenters. The van der Waals surface area contributed by atoms with E-state index in [1.165, 1.54) is 19.2 Å². The Labute approximate surface area is 150 Å². The highest BCUT2D eigenvalue weighted by atomic mass is 32.2. The van der Waals surface area contributed by atoms with E-state index in [1.54, 1.807) is 23.3 Å². The molecule has 0 saturated heterocycles. The third-order valence-electron chi connectivity index (χ3n) is 3.68. The lowest BCUT2D eigenvalue weighted by atomic mass is 10.2. The van der Waals surface area contributed by atoms with Crippen molar-refractivity contribution < 1.29 is 17.5 Å². The minimum atomic E-state index is -3.82. The van der Waals surface area contributed by atoms with Crippen LogP contribution in [0.1, 0.15) is 0 Å². The Balaban J connectivity index is 1.62.